The first kappa shape index (κ1) is 27.3. The molecule has 0 radical (unpaired) electrons. The molecule has 2 aromatic heterocycles. The zero-order valence-corrected chi connectivity index (χ0v) is 25.4. The minimum Gasteiger partial charge on any atom is -0.414 e. The van der Waals surface area contributed by atoms with E-state index in [1.807, 2.05) is 4.57 Å². The second kappa shape index (κ2) is 9.86. The molecular weight excluding hydrogens is 522 g/mol. The van der Waals surface area contributed by atoms with Gasteiger partial charge in [0.15, 0.2) is 17.0 Å². The Morgan fingerprint density at radius 3 is 2.20 bits per heavy atom. The summed E-state index contributed by atoms with van der Waals surface area (Å²) in [4.78, 5) is 12.8. The molecule has 0 aliphatic carbocycles. The number of ether oxygens (including phenoxy) is 1. The van der Waals surface area contributed by atoms with Crippen molar-refractivity contribution in [3.63, 3.8) is 0 Å². The maximum atomic E-state index is 7.27. The molecular formula is C22H38ClN5O4SSi2. The monoisotopic (exact) mass is 559 g/mol. The van der Waals surface area contributed by atoms with E-state index in [4.69, 9.17) is 47.7 Å². The maximum absolute atomic E-state index is 7.27. The second-order valence-electron chi connectivity index (χ2n) is 10.8. The van der Waals surface area contributed by atoms with Gasteiger partial charge in [0.25, 0.3) is 0 Å². The number of thiol groups is 1. The maximum Gasteiger partial charge on any atom is 0.335 e. The molecule has 2 saturated heterocycles. The summed E-state index contributed by atoms with van der Waals surface area (Å²) in [5.41, 5.74) is 7.80. The Morgan fingerprint density at radius 1 is 1.03 bits per heavy atom. The molecule has 2 aliphatic rings. The van der Waals surface area contributed by atoms with E-state index in [0.717, 1.165) is 0 Å². The van der Waals surface area contributed by atoms with E-state index in [0.29, 0.717) is 17.8 Å². The number of aromatic nitrogens is 4. The van der Waals surface area contributed by atoms with Gasteiger partial charge in [-0.1, -0.05) is 67.0 Å². The fraction of sp³-hybridized carbons (Fsp3) is 0.773. The van der Waals surface area contributed by atoms with Gasteiger partial charge in [0.2, 0.25) is 5.95 Å². The van der Waals surface area contributed by atoms with E-state index in [9.17, 15) is 0 Å². The van der Waals surface area contributed by atoms with Gasteiger partial charge in [0.1, 0.15) is 11.6 Å². The largest absolute Gasteiger partial charge is 0.414 e. The molecule has 0 amide bonds. The molecule has 2 fully saturated rings. The highest BCUT2D eigenvalue weighted by molar-refractivity contribution is 7.81. The number of halogens is 1. The topological polar surface area (TPSA) is 107 Å². The van der Waals surface area contributed by atoms with E-state index in [1.165, 1.54) is 0 Å². The van der Waals surface area contributed by atoms with Crippen molar-refractivity contribution in [3.05, 3.63) is 11.5 Å². The van der Waals surface area contributed by atoms with E-state index in [2.05, 4.69) is 70.3 Å². The van der Waals surface area contributed by atoms with Crippen LogP contribution in [0.1, 0.15) is 61.6 Å². The van der Waals surface area contributed by atoms with Crippen molar-refractivity contribution in [2.24, 2.45) is 0 Å². The molecule has 0 saturated carbocycles. The number of fused-ring (bicyclic) bond motifs is 2. The lowest BCUT2D eigenvalue weighted by Crippen LogP contribution is -2.65. The van der Waals surface area contributed by atoms with Crippen LogP contribution in [0.5, 0.6) is 0 Å². The quantitative estimate of drug-likeness (QED) is 0.292. The zero-order valence-electron chi connectivity index (χ0n) is 21.7. The molecule has 4 heterocycles. The lowest BCUT2D eigenvalue weighted by molar-refractivity contribution is -0.0544. The molecule has 0 aromatic carbocycles. The van der Waals surface area contributed by atoms with Crippen LogP contribution in [0.15, 0.2) is 6.33 Å². The first-order chi connectivity index (χ1) is 16.3. The predicted molar refractivity (Wildman–Crippen MR) is 145 cm³/mol. The third-order valence-corrected chi connectivity index (χ3v) is 18.4. The van der Waals surface area contributed by atoms with Gasteiger partial charge < -0.3 is 23.4 Å². The fourth-order valence-corrected chi connectivity index (χ4v) is 17.5. The number of rotatable bonds is 5. The molecule has 0 spiro atoms. The Labute approximate surface area is 220 Å². The Balaban J connectivity index is 1.78. The fourth-order valence-electron chi connectivity index (χ4n) is 5.45. The lowest BCUT2D eigenvalue weighted by Gasteiger charge is -2.51. The van der Waals surface area contributed by atoms with Crippen LogP contribution in [0.25, 0.3) is 11.2 Å². The zero-order chi connectivity index (χ0) is 25.9. The van der Waals surface area contributed by atoms with Crippen LogP contribution in [0, 0.1) is 0 Å². The molecule has 4 rings (SSSR count). The van der Waals surface area contributed by atoms with Gasteiger partial charge in [0.05, 0.1) is 24.3 Å². The third-order valence-electron chi connectivity index (χ3n) is 7.31. The molecule has 0 bridgehead atoms. The summed E-state index contributed by atoms with van der Waals surface area (Å²) < 4.78 is 29.6. The van der Waals surface area contributed by atoms with Crippen LogP contribution in [-0.2, 0) is 17.7 Å². The van der Waals surface area contributed by atoms with Crippen molar-refractivity contribution >= 4 is 58.5 Å². The van der Waals surface area contributed by atoms with Crippen molar-refractivity contribution in [2.45, 2.75) is 101 Å². The SMILES string of the molecule is CC(C)[Si]1(C(C)C)OC[C@H]2O[C@@H](n3cnc4c(Cl)nc(N)nc43)[C@@H](S)[C@@H]2O[Si](C(C)C)(C(C)C)O1. The van der Waals surface area contributed by atoms with Crippen LogP contribution < -0.4 is 5.73 Å². The van der Waals surface area contributed by atoms with Gasteiger partial charge in [0, 0.05) is 0 Å². The highest BCUT2D eigenvalue weighted by Crippen LogP contribution is 2.49. The summed E-state index contributed by atoms with van der Waals surface area (Å²) >= 11 is 11.3. The van der Waals surface area contributed by atoms with Crippen LogP contribution in [-0.4, -0.2) is 60.7 Å². The van der Waals surface area contributed by atoms with Crippen LogP contribution in [0.3, 0.4) is 0 Å². The van der Waals surface area contributed by atoms with E-state index >= 15 is 0 Å². The molecule has 2 aromatic rings. The summed E-state index contributed by atoms with van der Waals surface area (Å²) in [6.07, 6.45) is 0.516. The number of hydrogen-bond donors (Lipinski definition) is 2. The van der Waals surface area contributed by atoms with Crippen molar-refractivity contribution in [2.75, 3.05) is 12.3 Å². The first-order valence-corrected chi connectivity index (χ1v) is 17.2. The van der Waals surface area contributed by atoms with Gasteiger partial charge in [-0.15, -0.1) is 0 Å². The molecule has 9 nitrogen and oxygen atoms in total. The van der Waals surface area contributed by atoms with Gasteiger partial charge in [-0.2, -0.15) is 22.6 Å². The minimum atomic E-state index is -2.78. The van der Waals surface area contributed by atoms with Crippen molar-refractivity contribution in [1.29, 1.82) is 0 Å². The summed E-state index contributed by atoms with van der Waals surface area (Å²) in [5.74, 6) is 0.0765. The Kier molecular flexibility index (Phi) is 7.69. The number of nitrogens with zero attached hydrogens (tertiary/aromatic N) is 4. The Bertz CT molecular complexity index is 1060. The van der Waals surface area contributed by atoms with Crippen LogP contribution >= 0.6 is 24.2 Å². The number of imidazole rings is 1. The summed E-state index contributed by atoms with van der Waals surface area (Å²) in [5, 5.41) is -0.106. The van der Waals surface area contributed by atoms with Gasteiger partial charge in [-0.05, 0) is 22.2 Å². The number of nitrogens with two attached hydrogens (primary N) is 1. The molecule has 2 aliphatic heterocycles. The molecule has 13 heteroatoms. The summed E-state index contributed by atoms with van der Waals surface area (Å²) in [7, 11) is -5.43. The van der Waals surface area contributed by atoms with Crippen molar-refractivity contribution < 1.29 is 17.7 Å². The summed E-state index contributed by atoms with van der Waals surface area (Å²) in [6.45, 7) is 18.0. The normalized spacial score (nSPS) is 28.7. The molecule has 35 heavy (non-hydrogen) atoms. The standard InChI is InChI=1S/C22H38ClN5O4SSi2/c1-11(2)34(12(3)4)29-9-15-17(31-35(32-34,13(5)6)14(7)8)18(33)21(30-15)28-10-25-16-19(23)26-22(24)27-20(16)28/h10-15,17-18,21,33H,9H2,1-8H3,(H2,24,26,27)/t15-,17-,18+,21-/m1/s1. The smallest absolute Gasteiger partial charge is 0.335 e. The third kappa shape index (κ3) is 4.47. The average Bonchev–Trinajstić information content (AvgIpc) is 3.28. The van der Waals surface area contributed by atoms with Crippen molar-refractivity contribution in [1.82, 2.24) is 19.5 Å². The van der Waals surface area contributed by atoms with E-state index < -0.39 is 23.3 Å². The summed E-state index contributed by atoms with van der Waals surface area (Å²) in [6, 6.07) is 0. The minimum absolute atomic E-state index is 0.0765. The average molecular weight is 560 g/mol. The number of hydrogen-bond acceptors (Lipinski definition) is 9. The predicted octanol–water partition coefficient (Wildman–Crippen LogP) is 5.21. The molecule has 2 N–H and O–H groups in total. The van der Waals surface area contributed by atoms with Gasteiger partial charge >= 0.3 is 17.1 Å². The molecule has 4 atom stereocenters. The van der Waals surface area contributed by atoms with E-state index in [-0.39, 0.29) is 50.7 Å². The first-order valence-electron chi connectivity index (χ1n) is 12.3. The highest BCUT2D eigenvalue weighted by atomic mass is 35.5. The van der Waals surface area contributed by atoms with Crippen LogP contribution in [0.2, 0.25) is 27.3 Å². The highest BCUT2D eigenvalue weighted by Gasteiger charge is 2.61. The molecule has 196 valence electrons. The van der Waals surface area contributed by atoms with Crippen LogP contribution in [0.4, 0.5) is 5.95 Å². The van der Waals surface area contributed by atoms with Crippen molar-refractivity contribution in [3.8, 4) is 0 Å². The number of nitrogen functional groups attached to an aromatic ring is 1. The number of anilines is 1. The van der Waals surface area contributed by atoms with E-state index in [1.54, 1.807) is 6.33 Å². The van der Waals surface area contributed by atoms with Gasteiger partial charge in [-0.3, -0.25) is 4.57 Å². The molecule has 0 unspecified atom stereocenters. The lowest BCUT2D eigenvalue weighted by atomic mass is 10.2. The second-order valence-corrected chi connectivity index (χ2v) is 20.6. The Hall–Kier alpha value is -0.736. The van der Waals surface area contributed by atoms with Gasteiger partial charge in [-0.25, -0.2) is 4.98 Å². The Morgan fingerprint density at radius 2 is 1.63 bits per heavy atom.